The molecule has 0 amide bonds. The Hall–Kier alpha value is -0.360. The van der Waals surface area contributed by atoms with E-state index in [0.29, 0.717) is 0 Å². The van der Waals surface area contributed by atoms with Crippen LogP contribution in [0.4, 0.5) is 0 Å². The van der Waals surface area contributed by atoms with Crippen LogP contribution < -0.4 is 5.57 Å². The van der Waals surface area contributed by atoms with E-state index < -0.39 is 0 Å². The second-order valence-corrected chi connectivity index (χ2v) is 1.52. The van der Waals surface area contributed by atoms with Crippen molar-refractivity contribution in [2.45, 2.75) is 0 Å². The third kappa shape index (κ3) is 0.575. The average Bonchev–Trinajstić information content (AvgIpc) is 1.86. The molecule has 0 aliphatic rings. The van der Waals surface area contributed by atoms with Gasteiger partial charge in [0.05, 0.1) is 0 Å². The van der Waals surface area contributed by atoms with Crippen LogP contribution in [-0.2, 0) is 0 Å². The van der Waals surface area contributed by atoms with Gasteiger partial charge in [-0.2, -0.15) is 0 Å². The lowest BCUT2D eigenvalue weighted by Gasteiger charge is -1.68. The molecule has 1 unspecified atom stereocenters. The first-order valence-corrected chi connectivity index (χ1v) is 2.22. The molecule has 0 aliphatic carbocycles. The van der Waals surface area contributed by atoms with Crippen molar-refractivity contribution >= 4 is 14.8 Å². The van der Waals surface area contributed by atoms with Crippen LogP contribution in [0.15, 0.2) is 12.4 Å². The van der Waals surface area contributed by atoms with Gasteiger partial charge in [0.15, 0.2) is 0 Å². The van der Waals surface area contributed by atoms with E-state index in [1.54, 1.807) is 12.4 Å². The molecule has 0 fully saturated rings. The van der Waals surface area contributed by atoms with Crippen LogP contribution in [-0.4, -0.2) is 9.97 Å². The summed E-state index contributed by atoms with van der Waals surface area (Å²) in [6, 6.07) is 0. The maximum Gasteiger partial charge on any atom is 0.122 e. The molecule has 0 aliphatic heterocycles. The minimum absolute atomic E-state index is 0.884. The Bertz CT molecular complexity index is 112. The molecule has 2 nitrogen and oxygen atoms in total. The molecule has 0 spiro atoms. The van der Waals surface area contributed by atoms with E-state index >= 15 is 0 Å². The fourth-order valence-corrected chi connectivity index (χ4v) is 0.460. The molecular formula is C3H5N2P. The number of hydrogen-bond acceptors (Lipinski definition) is 1. The fourth-order valence-electron chi connectivity index (χ4n) is 0.277. The highest BCUT2D eigenvalue weighted by Crippen LogP contribution is 1.74. The average molecular weight is 100 g/mol. The van der Waals surface area contributed by atoms with E-state index in [2.05, 4.69) is 19.2 Å². The summed E-state index contributed by atoms with van der Waals surface area (Å²) >= 11 is 0. The molecule has 1 N–H and O–H groups in total. The Morgan fingerprint density at radius 2 is 2.67 bits per heavy atom. The summed E-state index contributed by atoms with van der Waals surface area (Å²) in [6.07, 6.45) is 3.49. The first kappa shape index (κ1) is 3.82. The molecule has 0 saturated carbocycles. The van der Waals surface area contributed by atoms with E-state index in [1.807, 2.05) is 0 Å². The van der Waals surface area contributed by atoms with Crippen LogP contribution in [0.3, 0.4) is 0 Å². The number of aromatic amines is 1. The molecular weight excluding hydrogens is 95.0 g/mol. The number of nitrogens with one attached hydrogen (secondary N) is 1. The number of nitrogens with zero attached hydrogens (tertiary/aromatic N) is 1. The van der Waals surface area contributed by atoms with Gasteiger partial charge in [0.1, 0.15) is 5.57 Å². The standard InChI is InChI=1S/C3H5N2P/c6-3-4-1-2-5-3/h1-2H,6H2,(H,4,5). The number of hydrogen-bond donors (Lipinski definition) is 1. The zero-order valence-corrected chi connectivity index (χ0v) is 4.33. The van der Waals surface area contributed by atoms with Crippen molar-refractivity contribution < 1.29 is 0 Å². The van der Waals surface area contributed by atoms with Crippen molar-refractivity contribution in [3.05, 3.63) is 12.4 Å². The van der Waals surface area contributed by atoms with E-state index in [9.17, 15) is 0 Å². The Morgan fingerprint density at radius 3 is 2.83 bits per heavy atom. The van der Waals surface area contributed by atoms with Gasteiger partial charge in [-0.15, -0.1) is 0 Å². The van der Waals surface area contributed by atoms with E-state index in [4.69, 9.17) is 0 Å². The summed E-state index contributed by atoms with van der Waals surface area (Å²) in [5.41, 5.74) is 0.884. The molecule has 1 aromatic heterocycles. The lowest BCUT2D eigenvalue weighted by molar-refractivity contribution is 1.42. The van der Waals surface area contributed by atoms with Crippen molar-refractivity contribution in [1.29, 1.82) is 0 Å². The summed E-state index contributed by atoms with van der Waals surface area (Å²) in [4.78, 5) is 6.68. The monoisotopic (exact) mass is 100 g/mol. The van der Waals surface area contributed by atoms with Gasteiger partial charge in [0.25, 0.3) is 0 Å². The van der Waals surface area contributed by atoms with Crippen LogP contribution >= 0.6 is 9.24 Å². The smallest absolute Gasteiger partial charge is 0.122 e. The number of rotatable bonds is 0. The third-order valence-electron chi connectivity index (χ3n) is 0.519. The third-order valence-corrected chi connectivity index (χ3v) is 0.835. The van der Waals surface area contributed by atoms with Crippen LogP contribution in [0.25, 0.3) is 0 Å². The number of H-pyrrole nitrogens is 1. The van der Waals surface area contributed by atoms with Crippen LogP contribution in [0.5, 0.6) is 0 Å². The summed E-state index contributed by atoms with van der Waals surface area (Å²) in [6.45, 7) is 0. The van der Waals surface area contributed by atoms with Crippen molar-refractivity contribution in [3.8, 4) is 0 Å². The van der Waals surface area contributed by atoms with Crippen LogP contribution in [0.2, 0.25) is 0 Å². The van der Waals surface area contributed by atoms with Gasteiger partial charge in [0.2, 0.25) is 0 Å². The Labute approximate surface area is 38.2 Å². The first-order chi connectivity index (χ1) is 2.89. The molecule has 1 rings (SSSR count). The topological polar surface area (TPSA) is 28.7 Å². The Morgan fingerprint density at radius 1 is 1.83 bits per heavy atom. The van der Waals surface area contributed by atoms with Crippen molar-refractivity contribution in [3.63, 3.8) is 0 Å². The molecule has 0 radical (unpaired) electrons. The number of aromatic nitrogens is 2. The molecule has 1 aromatic rings. The highest BCUT2D eigenvalue weighted by atomic mass is 31.0. The lowest BCUT2D eigenvalue weighted by Crippen LogP contribution is -1.90. The van der Waals surface area contributed by atoms with Gasteiger partial charge in [-0.05, 0) is 0 Å². The SMILES string of the molecule is Pc1ncc[nH]1. The van der Waals surface area contributed by atoms with Gasteiger partial charge in [0, 0.05) is 12.4 Å². The molecule has 0 bridgehead atoms. The molecule has 6 heavy (non-hydrogen) atoms. The van der Waals surface area contributed by atoms with Crippen molar-refractivity contribution in [2.75, 3.05) is 0 Å². The van der Waals surface area contributed by atoms with E-state index in [-0.39, 0.29) is 0 Å². The zero-order chi connectivity index (χ0) is 4.41. The zero-order valence-electron chi connectivity index (χ0n) is 3.18. The maximum absolute atomic E-state index is 3.82. The molecule has 0 saturated heterocycles. The highest BCUT2D eigenvalue weighted by molar-refractivity contribution is 7.26. The normalized spacial score (nSPS) is 8.83. The number of imidazole rings is 1. The lowest BCUT2D eigenvalue weighted by atomic mass is 11.0. The minimum atomic E-state index is 0.884. The van der Waals surface area contributed by atoms with Crippen molar-refractivity contribution in [1.82, 2.24) is 9.97 Å². The van der Waals surface area contributed by atoms with Gasteiger partial charge >= 0.3 is 0 Å². The van der Waals surface area contributed by atoms with Gasteiger partial charge in [-0.25, -0.2) is 4.98 Å². The Balaban J connectivity index is 3.05. The Kier molecular flexibility index (Phi) is 0.887. The predicted octanol–water partition coefficient (Wildman–Crippen LogP) is -0.0899. The minimum Gasteiger partial charge on any atom is -0.345 e. The molecule has 0 aromatic carbocycles. The summed E-state index contributed by atoms with van der Waals surface area (Å²) in [7, 11) is 2.45. The van der Waals surface area contributed by atoms with Crippen LogP contribution in [0, 0.1) is 0 Å². The quantitative estimate of drug-likeness (QED) is 0.453. The largest absolute Gasteiger partial charge is 0.345 e. The second kappa shape index (κ2) is 1.39. The summed E-state index contributed by atoms with van der Waals surface area (Å²) < 4.78 is 0. The molecule has 3 heteroatoms. The molecule has 32 valence electrons. The maximum atomic E-state index is 3.82. The predicted molar refractivity (Wildman–Crippen MR) is 27.9 cm³/mol. The van der Waals surface area contributed by atoms with E-state index in [1.165, 1.54) is 0 Å². The highest BCUT2D eigenvalue weighted by Gasteiger charge is 1.73. The molecule has 1 atom stereocenters. The van der Waals surface area contributed by atoms with Crippen LogP contribution in [0.1, 0.15) is 0 Å². The van der Waals surface area contributed by atoms with Gasteiger partial charge in [-0.3, -0.25) is 0 Å². The molecule has 1 heterocycles. The first-order valence-electron chi connectivity index (χ1n) is 1.64. The van der Waals surface area contributed by atoms with Gasteiger partial charge < -0.3 is 4.98 Å². The van der Waals surface area contributed by atoms with Gasteiger partial charge in [-0.1, -0.05) is 9.24 Å². The van der Waals surface area contributed by atoms with Crippen molar-refractivity contribution in [2.24, 2.45) is 0 Å². The second-order valence-electron chi connectivity index (χ2n) is 0.974. The van der Waals surface area contributed by atoms with E-state index in [0.717, 1.165) is 5.57 Å². The summed E-state index contributed by atoms with van der Waals surface area (Å²) in [5.74, 6) is 0. The fraction of sp³-hybridized carbons (Fsp3) is 0. The summed E-state index contributed by atoms with van der Waals surface area (Å²) in [5, 5.41) is 0.